The van der Waals surface area contributed by atoms with Gasteiger partial charge in [-0.1, -0.05) is 0 Å². The van der Waals surface area contributed by atoms with E-state index in [4.69, 9.17) is 21.7 Å². The maximum atomic E-state index is 12.4. The van der Waals surface area contributed by atoms with E-state index in [0.29, 0.717) is 0 Å². The van der Waals surface area contributed by atoms with Crippen molar-refractivity contribution in [3.63, 3.8) is 0 Å². The third kappa shape index (κ3) is 10.3. The average Bonchev–Trinajstić information content (AvgIpc) is 2.60. The first-order valence-corrected chi connectivity index (χ1v) is 9.02. The number of carbonyl (C=O) groups is 6. The number of hydrogen-bond donors (Lipinski definition) is 8. The van der Waals surface area contributed by atoms with Crippen LogP contribution < -0.4 is 27.4 Å². The molecule has 0 saturated carbocycles. The molecule has 14 heteroatoms. The number of primary amides is 1. The average molecular weight is 435 g/mol. The number of carbonyl (C=O) groups excluding carboxylic acids is 4. The summed E-state index contributed by atoms with van der Waals surface area (Å²) in [5.41, 5.74) is 10.5. The number of carboxylic acids is 2. The summed E-state index contributed by atoms with van der Waals surface area (Å²) in [6, 6.07) is -5.26. The van der Waals surface area contributed by atoms with E-state index in [1.165, 1.54) is 6.92 Å². The molecule has 0 radical (unpaired) electrons. The van der Waals surface area contributed by atoms with E-state index >= 15 is 0 Å². The van der Waals surface area contributed by atoms with Gasteiger partial charge in [-0.2, -0.15) is 12.6 Å². The van der Waals surface area contributed by atoms with Gasteiger partial charge in [-0.15, -0.1) is 0 Å². The Hall–Kier alpha value is -2.87. The van der Waals surface area contributed by atoms with Gasteiger partial charge in [0.15, 0.2) is 0 Å². The molecule has 0 aromatic carbocycles. The van der Waals surface area contributed by atoms with Crippen molar-refractivity contribution in [2.45, 2.75) is 50.4 Å². The predicted octanol–water partition coefficient (Wildman–Crippen LogP) is -3.46. The third-order valence-corrected chi connectivity index (χ3v) is 3.90. The van der Waals surface area contributed by atoms with Crippen LogP contribution in [-0.2, 0) is 28.8 Å². The standard InChI is InChI=1S/C15H25N5O8S/c1-6(16)12(24)18-7(2-3-10(17)21)13(25)20-9(5-29)14(26)19-8(15(27)28)4-11(22)23/h6-9,29H,2-5,16H2,1H3,(H2,17,21)(H,18,24)(H,19,26)(H,20,25)(H,22,23)(H,27,28). The molecule has 164 valence electrons. The lowest BCUT2D eigenvalue weighted by atomic mass is 10.1. The van der Waals surface area contributed by atoms with Crippen LogP contribution in [0.25, 0.3) is 0 Å². The largest absolute Gasteiger partial charge is 0.481 e. The summed E-state index contributed by atoms with van der Waals surface area (Å²) in [6.45, 7) is 1.37. The highest BCUT2D eigenvalue weighted by Crippen LogP contribution is 2.02. The van der Waals surface area contributed by atoms with Crippen LogP contribution in [0.2, 0.25) is 0 Å². The van der Waals surface area contributed by atoms with Gasteiger partial charge in [-0.25, -0.2) is 4.79 Å². The van der Waals surface area contributed by atoms with Crippen molar-refractivity contribution in [3.05, 3.63) is 0 Å². The van der Waals surface area contributed by atoms with Gasteiger partial charge in [0.05, 0.1) is 12.5 Å². The number of hydrogen-bond acceptors (Lipinski definition) is 8. The lowest BCUT2D eigenvalue weighted by Crippen LogP contribution is -2.57. The summed E-state index contributed by atoms with van der Waals surface area (Å²) in [5, 5.41) is 24.2. The molecule has 0 bridgehead atoms. The fraction of sp³-hybridized carbons (Fsp3) is 0.600. The first-order chi connectivity index (χ1) is 13.4. The SMILES string of the molecule is CC(N)C(=O)NC(CCC(N)=O)C(=O)NC(CS)C(=O)NC(CC(=O)O)C(=O)O. The molecule has 0 spiro atoms. The lowest BCUT2D eigenvalue weighted by molar-refractivity contribution is -0.147. The molecular weight excluding hydrogens is 410 g/mol. The lowest BCUT2D eigenvalue weighted by Gasteiger charge is -2.23. The van der Waals surface area contributed by atoms with Crippen LogP contribution in [-0.4, -0.2) is 75.7 Å². The van der Waals surface area contributed by atoms with E-state index in [2.05, 4.69) is 23.3 Å². The molecule has 0 aromatic rings. The fourth-order valence-electron chi connectivity index (χ4n) is 1.97. The molecule has 4 unspecified atom stereocenters. The molecule has 0 aliphatic carbocycles. The Bertz CT molecular complexity index is 657. The molecule has 9 N–H and O–H groups in total. The van der Waals surface area contributed by atoms with Crippen molar-refractivity contribution in [2.24, 2.45) is 11.5 Å². The summed E-state index contributed by atoms with van der Waals surface area (Å²) in [7, 11) is 0. The second-order valence-corrected chi connectivity index (χ2v) is 6.46. The Morgan fingerprint density at radius 2 is 1.38 bits per heavy atom. The number of thiol groups is 1. The van der Waals surface area contributed by atoms with Gasteiger partial charge in [0.2, 0.25) is 23.6 Å². The number of nitrogens with two attached hydrogens (primary N) is 2. The summed E-state index contributed by atoms with van der Waals surface area (Å²) < 4.78 is 0. The van der Waals surface area contributed by atoms with Crippen molar-refractivity contribution in [1.29, 1.82) is 0 Å². The number of nitrogens with one attached hydrogen (secondary N) is 3. The van der Waals surface area contributed by atoms with Crippen LogP contribution in [0.15, 0.2) is 0 Å². The zero-order valence-electron chi connectivity index (χ0n) is 15.6. The highest BCUT2D eigenvalue weighted by Gasteiger charge is 2.30. The van der Waals surface area contributed by atoms with E-state index in [1.807, 2.05) is 5.32 Å². The summed E-state index contributed by atoms with van der Waals surface area (Å²) >= 11 is 3.91. The van der Waals surface area contributed by atoms with Gasteiger partial charge in [-0.3, -0.25) is 24.0 Å². The van der Waals surface area contributed by atoms with Crippen LogP contribution in [0, 0.1) is 0 Å². The minimum atomic E-state index is -1.72. The number of amides is 4. The van der Waals surface area contributed by atoms with Crippen LogP contribution in [0.4, 0.5) is 0 Å². The van der Waals surface area contributed by atoms with Crippen molar-refractivity contribution in [1.82, 2.24) is 16.0 Å². The molecular formula is C15H25N5O8S. The zero-order chi connectivity index (χ0) is 22.7. The number of aliphatic carboxylic acids is 2. The zero-order valence-corrected chi connectivity index (χ0v) is 16.5. The molecule has 0 aromatic heterocycles. The Morgan fingerprint density at radius 3 is 1.79 bits per heavy atom. The quantitative estimate of drug-likeness (QED) is 0.134. The van der Waals surface area contributed by atoms with E-state index in [9.17, 15) is 28.8 Å². The summed E-state index contributed by atoms with van der Waals surface area (Å²) in [6.07, 6.45) is -1.29. The number of carboxylic acid groups (broad SMARTS) is 2. The predicted molar refractivity (Wildman–Crippen MR) is 102 cm³/mol. The second-order valence-electron chi connectivity index (χ2n) is 6.10. The molecule has 0 rings (SSSR count). The summed E-state index contributed by atoms with van der Waals surface area (Å²) in [4.78, 5) is 69.2. The normalized spacial score (nSPS) is 14.6. The smallest absolute Gasteiger partial charge is 0.326 e. The second kappa shape index (κ2) is 12.6. The van der Waals surface area contributed by atoms with E-state index in [-0.39, 0.29) is 18.6 Å². The van der Waals surface area contributed by atoms with Crippen LogP contribution in [0.1, 0.15) is 26.2 Å². The molecule has 4 amide bonds. The summed E-state index contributed by atoms with van der Waals surface area (Å²) in [5.74, 6) is -6.55. The molecule has 0 heterocycles. The van der Waals surface area contributed by atoms with Crippen LogP contribution >= 0.6 is 12.6 Å². The fourth-order valence-corrected chi connectivity index (χ4v) is 2.23. The topological polar surface area (TPSA) is 231 Å². The molecule has 0 fully saturated rings. The Morgan fingerprint density at radius 1 is 0.897 bits per heavy atom. The van der Waals surface area contributed by atoms with Crippen molar-refractivity contribution in [3.8, 4) is 0 Å². The van der Waals surface area contributed by atoms with Gasteiger partial charge < -0.3 is 37.6 Å². The highest BCUT2D eigenvalue weighted by atomic mass is 32.1. The molecule has 13 nitrogen and oxygen atoms in total. The minimum Gasteiger partial charge on any atom is -0.481 e. The van der Waals surface area contributed by atoms with Crippen molar-refractivity contribution < 1.29 is 39.0 Å². The third-order valence-electron chi connectivity index (χ3n) is 3.53. The monoisotopic (exact) mass is 435 g/mol. The Balaban J connectivity index is 5.21. The highest BCUT2D eigenvalue weighted by molar-refractivity contribution is 7.80. The molecule has 0 aliphatic heterocycles. The molecule has 29 heavy (non-hydrogen) atoms. The maximum Gasteiger partial charge on any atom is 0.326 e. The van der Waals surface area contributed by atoms with Crippen LogP contribution in [0.3, 0.4) is 0 Å². The Labute approximate surface area is 171 Å². The van der Waals surface area contributed by atoms with Gasteiger partial charge in [0.25, 0.3) is 0 Å². The first kappa shape index (κ1) is 26.1. The van der Waals surface area contributed by atoms with Gasteiger partial charge in [-0.05, 0) is 13.3 Å². The molecule has 0 saturated heterocycles. The van der Waals surface area contributed by atoms with Gasteiger partial charge in [0, 0.05) is 12.2 Å². The minimum absolute atomic E-state index is 0.169. The van der Waals surface area contributed by atoms with E-state index in [0.717, 1.165) is 0 Å². The maximum absolute atomic E-state index is 12.4. The Kier molecular flexibility index (Phi) is 11.3. The van der Waals surface area contributed by atoms with Crippen LogP contribution in [0.5, 0.6) is 0 Å². The molecule has 4 atom stereocenters. The van der Waals surface area contributed by atoms with Crippen molar-refractivity contribution in [2.75, 3.05) is 5.75 Å². The number of rotatable bonds is 13. The van der Waals surface area contributed by atoms with Gasteiger partial charge >= 0.3 is 11.9 Å². The van der Waals surface area contributed by atoms with Gasteiger partial charge in [0.1, 0.15) is 18.1 Å². The van der Waals surface area contributed by atoms with E-state index in [1.54, 1.807) is 0 Å². The molecule has 0 aliphatic rings. The van der Waals surface area contributed by atoms with E-state index < -0.39 is 66.2 Å². The van der Waals surface area contributed by atoms with Crippen molar-refractivity contribution >= 4 is 48.2 Å². The first-order valence-electron chi connectivity index (χ1n) is 8.39.